The number of likely N-dealkylation sites (tertiary alicyclic amines) is 1. The van der Waals surface area contributed by atoms with Crippen LogP contribution in [0.1, 0.15) is 47.0 Å². The molecule has 0 radical (unpaired) electrons. The normalized spacial score (nSPS) is 26.3. The van der Waals surface area contributed by atoms with Crippen LogP contribution in [0.2, 0.25) is 0 Å². The third-order valence-corrected chi connectivity index (χ3v) is 4.38. The van der Waals surface area contributed by atoms with Gasteiger partial charge < -0.3 is 15.0 Å². The van der Waals surface area contributed by atoms with Gasteiger partial charge in [-0.25, -0.2) is 0 Å². The topological polar surface area (TPSA) is 36.9 Å². The van der Waals surface area contributed by atoms with E-state index >= 15 is 0 Å². The number of hydrogen-bond donors (Lipinski definition) is 1. The summed E-state index contributed by atoms with van der Waals surface area (Å²) in [6.07, 6.45) is 3.59. The van der Waals surface area contributed by atoms with Crippen molar-refractivity contribution in [2.45, 2.75) is 47.0 Å². The molecule has 0 aromatic rings. The van der Waals surface area contributed by atoms with E-state index in [9.17, 15) is 0 Å². The zero-order valence-electron chi connectivity index (χ0n) is 14.1. The number of nitrogens with one attached hydrogen (secondary N) is 1. The Morgan fingerprint density at radius 3 is 2.67 bits per heavy atom. The molecule has 0 aromatic heterocycles. The lowest BCUT2D eigenvalue weighted by Crippen LogP contribution is -2.41. The molecule has 2 aliphatic heterocycles. The van der Waals surface area contributed by atoms with Crippen molar-refractivity contribution in [2.75, 3.05) is 39.4 Å². The van der Waals surface area contributed by atoms with E-state index in [0.29, 0.717) is 10.8 Å². The molecule has 2 aliphatic rings. The van der Waals surface area contributed by atoms with E-state index in [1.165, 1.54) is 12.8 Å². The maximum Gasteiger partial charge on any atom is 0.193 e. The van der Waals surface area contributed by atoms with Crippen LogP contribution in [-0.4, -0.2) is 50.3 Å². The van der Waals surface area contributed by atoms with Crippen LogP contribution < -0.4 is 5.32 Å². The van der Waals surface area contributed by atoms with Gasteiger partial charge in [0.25, 0.3) is 0 Å². The predicted molar refractivity (Wildman–Crippen MR) is 99.5 cm³/mol. The largest absolute Gasteiger partial charge is 0.381 e. The molecule has 5 heteroatoms. The smallest absolute Gasteiger partial charge is 0.193 e. The fourth-order valence-corrected chi connectivity index (χ4v) is 3.01. The summed E-state index contributed by atoms with van der Waals surface area (Å²) in [7, 11) is 0. The van der Waals surface area contributed by atoms with Crippen LogP contribution in [0, 0.1) is 10.8 Å². The summed E-state index contributed by atoms with van der Waals surface area (Å²) in [5, 5.41) is 3.45. The second-order valence-corrected chi connectivity index (χ2v) is 7.52. The molecule has 0 bridgehead atoms. The third-order valence-electron chi connectivity index (χ3n) is 4.38. The van der Waals surface area contributed by atoms with Crippen molar-refractivity contribution >= 4 is 29.9 Å². The van der Waals surface area contributed by atoms with Crippen molar-refractivity contribution in [1.29, 1.82) is 0 Å². The minimum Gasteiger partial charge on any atom is -0.381 e. The Labute approximate surface area is 147 Å². The van der Waals surface area contributed by atoms with E-state index in [2.05, 4.69) is 37.9 Å². The quantitative estimate of drug-likeness (QED) is 0.442. The van der Waals surface area contributed by atoms with Gasteiger partial charge in [-0.2, -0.15) is 0 Å². The van der Waals surface area contributed by atoms with Crippen molar-refractivity contribution in [3.8, 4) is 0 Å². The van der Waals surface area contributed by atoms with Crippen LogP contribution >= 0.6 is 24.0 Å². The van der Waals surface area contributed by atoms with Crippen molar-refractivity contribution in [2.24, 2.45) is 15.8 Å². The van der Waals surface area contributed by atoms with Gasteiger partial charge in [-0.15, -0.1) is 24.0 Å². The van der Waals surface area contributed by atoms with Crippen molar-refractivity contribution in [1.82, 2.24) is 10.2 Å². The molecule has 1 N–H and O–H groups in total. The number of rotatable bonds is 3. The van der Waals surface area contributed by atoms with Gasteiger partial charge in [0.15, 0.2) is 5.96 Å². The molecule has 2 fully saturated rings. The minimum atomic E-state index is 0. The van der Waals surface area contributed by atoms with Gasteiger partial charge in [-0.1, -0.05) is 20.8 Å². The molecular formula is C16H32IN3O. The molecule has 1 unspecified atom stereocenters. The van der Waals surface area contributed by atoms with Gasteiger partial charge in [-0.3, -0.25) is 4.99 Å². The van der Waals surface area contributed by atoms with Crippen LogP contribution in [-0.2, 0) is 4.74 Å². The Morgan fingerprint density at radius 1 is 1.33 bits per heavy atom. The fourth-order valence-electron chi connectivity index (χ4n) is 3.01. The summed E-state index contributed by atoms with van der Waals surface area (Å²) in [5.41, 5.74) is 0.757. The van der Waals surface area contributed by atoms with Crippen LogP contribution in [0.4, 0.5) is 0 Å². The summed E-state index contributed by atoms with van der Waals surface area (Å²) in [6.45, 7) is 14.9. The molecule has 21 heavy (non-hydrogen) atoms. The van der Waals surface area contributed by atoms with E-state index in [1.807, 2.05) is 0 Å². The molecule has 0 aromatic carbocycles. The summed E-state index contributed by atoms with van der Waals surface area (Å²) in [6, 6.07) is 0. The Hall–Kier alpha value is -0.0400. The second-order valence-electron chi connectivity index (χ2n) is 7.52. The van der Waals surface area contributed by atoms with Crippen molar-refractivity contribution in [3.63, 3.8) is 0 Å². The standard InChI is InChI=1S/C16H31N3O.HI/c1-5-17-14(18-9-6-15(2,3)4)19-10-7-16(12-19)8-11-20-13-16;/h5-13H2,1-4H3,(H,17,18);1H. The van der Waals surface area contributed by atoms with Crippen LogP contribution in [0.25, 0.3) is 0 Å². The van der Waals surface area contributed by atoms with Gasteiger partial charge in [0.2, 0.25) is 0 Å². The first-order chi connectivity index (χ1) is 9.44. The van der Waals surface area contributed by atoms with E-state index in [-0.39, 0.29) is 24.0 Å². The van der Waals surface area contributed by atoms with Crippen LogP contribution in [0.5, 0.6) is 0 Å². The van der Waals surface area contributed by atoms with Crippen LogP contribution in [0.15, 0.2) is 4.99 Å². The molecule has 4 nitrogen and oxygen atoms in total. The van der Waals surface area contributed by atoms with Gasteiger partial charge in [0.1, 0.15) is 0 Å². The number of hydrogen-bond acceptors (Lipinski definition) is 2. The molecule has 2 rings (SSSR count). The number of halogens is 1. The van der Waals surface area contributed by atoms with E-state index in [4.69, 9.17) is 9.73 Å². The highest BCUT2D eigenvalue weighted by molar-refractivity contribution is 14.0. The van der Waals surface area contributed by atoms with Gasteiger partial charge in [-0.05, 0) is 31.6 Å². The number of ether oxygens (including phenoxy) is 1. The maximum absolute atomic E-state index is 5.61. The monoisotopic (exact) mass is 409 g/mol. The fraction of sp³-hybridized carbons (Fsp3) is 0.938. The lowest BCUT2D eigenvalue weighted by atomic mass is 9.87. The summed E-state index contributed by atoms with van der Waals surface area (Å²) in [5.74, 6) is 1.10. The first kappa shape index (κ1) is 19.0. The second kappa shape index (κ2) is 7.99. The van der Waals surface area contributed by atoms with Gasteiger partial charge in [0, 0.05) is 38.2 Å². The number of guanidine groups is 1. The van der Waals surface area contributed by atoms with Gasteiger partial charge in [0.05, 0.1) is 6.61 Å². The highest BCUT2D eigenvalue weighted by Gasteiger charge is 2.42. The minimum absolute atomic E-state index is 0. The summed E-state index contributed by atoms with van der Waals surface area (Å²) < 4.78 is 5.61. The molecular weight excluding hydrogens is 377 g/mol. The molecule has 0 aliphatic carbocycles. The Bertz CT molecular complexity index is 346. The highest BCUT2D eigenvalue weighted by atomic mass is 127. The molecule has 124 valence electrons. The number of aliphatic imine (C=N–C) groups is 1. The van der Waals surface area contributed by atoms with E-state index in [1.54, 1.807) is 0 Å². The van der Waals surface area contributed by atoms with Crippen LogP contribution in [0.3, 0.4) is 0 Å². The molecule has 0 amide bonds. The molecule has 2 saturated heterocycles. The maximum atomic E-state index is 5.61. The summed E-state index contributed by atoms with van der Waals surface area (Å²) >= 11 is 0. The average Bonchev–Trinajstić information content (AvgIpc) is 2.98. The highest BCUT2D eigenvalue weighted by Crippen LogP contribution is 2.38. The predicted octanol–water partition coefficient (Wildman–Crippen LogP) is 3.12. The van der Waals surface area contributed by atoms with Gasteiger partial charge >= 0.3 is 0 Å². The van der Waals surface area contributed by atoms with E-state index in [0.717, 1.165) is 51.8 Å². The summed E-state index contributed by atoms with van der Waals surface area (Å²) in [4.78, 5) is 7.26. The number of nitrogens with zero attached hydrogens (tertiary/aromatic N) is 2. The lowest BCUT2D eigenvalue weighted by Gasteiger charge is -2.25. The zero-order chi connectivity index (χ0) is 14.6. The molecule has 1 atom stereocenters. The average molecular weight is 409 g/mol. The molecule has 0 saturated carbocycles. The van der Waals surface area contributed by atoms with Crippen molar-refractivity contribution in [3.05, 3.63) is 0 Å². The van der Waals surface area contributed by atoms with E-state index < -0.39 is 0 Å². The Balaban J connectivity index is 0.00000220. The first-order valence-electron chi connectivity index (χ1n) is 8.05. The zero-order valence-corrected chi connectivity index (χ0v) is 16.4. The van der Waals surface area contributed by atoms with Crippen molar-refractivity contribution < 1.29 is 4.74 Å². The molecule has 1 spiro atoms. The first-order valence-corrected chi connectivity index (χ1v) is 8.05. The molecule has 2 heterocycles. The SMILES string of the molecule is CCNC(=NCCC(C)(C)C)N1CCC2(CCOC2)C1.I. The Morgan fingerprint density at radius 2 is 2.10 bits per heavy atom. The third kappa shape index (κ3) is 5.58. The lowest BCUT2D eigenvalue weighted by molar-refractivity contribution is 0.156. The Kier molecular flexibility index (Phi) is 7.24.